The number of benzene rings is 3. The summed E-state index contributed by atoms with van der Waals surface area (Å²) in [5.74, 6) is 0.420. The molecule has 0 aliphatic heterocycles. The van der Waals surface area contributed by atoms with Gasteiger partial charge in [0.05, 0.1) is 15.9 Å². The van der Waals surface area contributed by atoms with Crippen molar-refractivity contribution >= 4 is 44.1 Å². The Labute approximate surface area is 162 Å². The van der Waals surface area contributed by atoms with Crippen molar-refractivity contribution in [2.24, 2.45) is 0 Å². The van der Waals surface area contributed by atoms with Crippen LogP contribution in [0.2, 0.25) is 0 Å². The summed E-state index contributed by atoms with van der Waals surface area (Å²) < 4.78 is 28.1. The van der Waals surface area contributed by atoms with E-state index < -0.39 is 10.0 Å². The molecule has 0 saturated heterocycles. The Morgan fingerprint density at radius 3 is 1.93 bits per heavy atom. The predicted molar refractivity (Wildman–Crippen MR) is 111 cm³/mol. The summed E-state index contributed by atoms with van der Waals surface area (Å²) in [6.45, 7) is 0. The lowest BCUT2D eigenvalue weighted by molar-refractivity contribution is 0.601. The minimum absolute atomic E-state index is 0.0855. The third-order valence-electron chi connectivity index (χ3n) is 4.03. The summed E-state index contributed by atoms with van der Waals surface area (Å²) in [6.07, 6.45) is 0. The molecular weight excluding hydrogens is 374 g/mol. The van der Waals surface area contributed by atoms with Crippen molar-refractivity contribution in [2.45, 2.75) is 4.90 Å². The molecule has 3 aromatic carbocycles. The molecule has 0 atom stereocenters. The van der Waals surface area contributed by atoms with Gasteiger partial charge in [0, 0.05) is 11.4 Å². The van der Waals surface area contributed by atoms with Gasteiger partial charge in [0.15, 0.2) is 11.6 Å². The Morgan fingerprint density at radius 1 is 0.714 bits per heavy atom. The van der Waals surface area contributed by atoms with E-state index in [2.05, 4.69) is 20.0 Å². The van der Waals surface area contributed by atoms with Crippen molar-refractivity contribution in [2.75, 3.05) is 15.8 Å². The van der Waals surface area contributed by atoms with Crippen LogP contribution in [0.1, 0.15) is 0 Å². The molecule has 0 aliphatic carbocycles. The third-order valence-corrected chi connectivity index (χ3v) is 5.38. The molecule has 0 unspecified atom stereocenters. The number of nitrogen functional groups attached to an aromatic ring is 1. The molecule has 0 spiro atoms. The molecule has 0 amide bonds. The summed E-state index contributed by atoms with van der Waals surface area (Å²) >= 11 is 0. The molecule has 0 fully saturated rings. The first-order valence-electron chi connectivity index (χ1n) is 8.48. The fourth-order valence-corrected chi connectivity index (χ4v) is 3.66. The topological polar surface area (TPSA) is 110 Å². The maximum absolute atomic E-state index is 12.8. The lowest BCUT2D eigenvalue weighted by Crippen LogP contribution is -2.16. The molecule has 7 nitrogen and oxygen atoms in total. The van der Waals surface area contributed by atoms with E-state index in [1.807, 2.05) is 48.5 Å². The Kier molecular flexibility index (Phi) is 4.54. The molecule has 4 rings (SSSR count). The minimum atomic E-state index is -3.86. The first-order valence-corrected chi connectivity index (χ1v) is 9.97. The van der Waals surface area contributed by atoms with Crippen LogP contribution in [0.3, 0.4) is 0 Å². The van der Waals surface area contributed by atoms with Gasteiger partial charge in [-0.3, -0.25) is 4.72 Å². The molecule has 0 saturated carbocycles. The van der Waals surface area contributed by atoms with Gasteiger partial charge in [0.2, 0.25) is 0 Å². The fourth-order valence-electron chi connectivity index (χ4n) is 2.65. The standard InChI is InChI=1S/C20H17N5O2S/c21-14-10-12-16(13-11-14)28(26,27)25-20-19(22-15-6-2-1-3-7-15)23-17-8-4-5-9-18(17)24-20/h1-13H,21H2,(H,22,23)(H,24,25). The van der Waals surface area contributed by atoms with Crippen LogP contribution >= 0.6 is 0 Å². The van der Waals surface area contributed by atoms with Gasteiger partial charge in [0.25, 0.3) is 10.0 Å². The monoisotopic (exact) mass is 391 g/mol. The van der Waals surface area contributed by atoms with Gasteiger partial charge in [-0.2, -0.15) is 0 Å². The summed E-state index contributed by atoms with van der Waals surface area (Å²) in [6, 6.07) is 22.5. The molecule has 0 bridgehead atoms. The number of sulfonamides is 1. The van der Waals surface area contributed by atoms with Crippen molar-refractivity contribution in [3.05, 3.63) is 78.9 Å². The number of nitrogens with zero attached hydrogens (tertiary/aromatic N) is 2. The molecule has 1 aromatic heterocycles. The van der Waals surface area contributed by atoms with E-state index in [4.69, 9.17) is 5.73 Å². The molecule has 8 heteroatoms. The van der Waals surface area contributed by atoms with E-state index in [-0.39, 0.29) is 10.7 Å². The van der Waals surface area contributed by atoms with Crippen LogP contribution in [0.4, 0.5) is 23.0 Å². The van der Waals surface area contributed by atoms with Crippen LogP contribution in [-0.2, 0) is 10.0 Å². The molecular formula is C20H17N5O2S. The van der Waals surface area contributed by atoms with Gasteiger partial charge < -0.3 is 11.1 Å². The first-order chi connectivity index (χ1) is 13.5. The lowest BCUT2D eigenvalue weighted by Gasteiger charge is -2.14. The first kappa shape index (κ1) is 17.7. The molecule has 4 aromatic rings. The zero-order valence-corrected chi connectivity index (χ0v) is 15.5. The van der Waals surface area contributed by atoms with Crippen LogP contribution in [0.15, 0.2) is 83.8 Å². The Bertz CT molecular complexity index is 1230. The minimum Gasteiger partial charge on any atom is -0.399 e. The summed E-state index contributed by atoms with van der Waals surface area (Å²) in [5, 5.41) is 3.13. The Morgan fingerprint density at radius 2 is 1.29 bits per heavy atom. The van der Waals surface area contributed by atoms with E-state index in [1.54, 1.807) is 6.07 Å². The molecule has 28 heavy (non-hydrogen) atoms. The second-order valence-corrected chi connectivity index (χ2v) is 7.76. The highest BCUT2D eigenvalue weighted by Crippen LogP contribution is 2.27. The second-order valence-electron chi connectivity index (χ2n) is 6.08. The van der Waals surface area contributed by atoms with E-state index in [0.717, 1.165) is 5.69 Å². The van der Waals surface area contributed by atoms with Crippen molar-refractivity contribution in [3.63, 3.8) is 0 Å². The Hall–Kier alpha value is -3.65. The molecule has 0 radical (unpaired) electrons. The van der Waals surface area contributed by atoms with Gasteiger partial charge >= 0.3 is 0 Å². The number of anilines is 4. The highest BCUT2D eigenvalue weighted by Gasteiger charge is 2.19. The number of para-hydroxylation sites is 3. The van der Waals surface area contributed by atoms with E-state index in [0.29, 0.717) is 22.5 Å². The zero-order valence-electron chi connectivity index (χ0n) is 14.7. The summed E-state index contributed by atoms with van der Waals surface area (Å²) in [5.41, 5.74) is 8.12. The maximum atomic E-state index is 12.8. The van der Waals surface area contributed by atoms with E-state index >= 15 is 0 Å². The number of hydrogen-bond acceptors (Lipinski definition) is 6. The van der Waals surface area contributed by atoms with Crippen LogP contribution in [0.5, 0.6) is 0 Å². The Balaban J connectivity index is 1.77. The molecule has 4 N–H and O–H groups in total. The second kappa shape index (κ2) is 7.16. The van der Waals surface area contributed by atoms with Gasteiger partial charge in [-0.05, 0) is 48.5 Å². The fraction of sp³-hybridized carbons (Fsp3) is 0. The molecule has 0 aliphatic rings. The van der Waals surface area contributed by atoms with Crippen LogP contribution in [0.25, 0.3) is 11.0 Å². The third kappa shape index (κ3) is 3.72. The van der Waals surface area contributed by atoms with E-state index in [1.165, 1.54) is 24.3 Å². The predicted octanol–water partition coefficient (Wildman–Crippen LogP) is 3.76. The number of fused-ring (bicyclic) bond motifs is 1. The van der Waals surface area contributed by atoms with Gasteiger partial charge in [0.1, 0.15) is 0 Å². The largest absolute Gasteiger partial charge is 0.399 e. The van der Waals surface area contributed by atoms with Gasteiger partial charge in [-0.25, -0.2) is 18.4 Å². The quantitative estimate of drug-likeness (QED) is 0.447. The van der Waals surface area contributed by atoms with E-state index in [9.17, 15) is 8.42 Å². The number of nitrogens with one attached hydrogen (secondary N) is 2. The SMILES string of the molecule is Nc1ccc(S(=O)(=O)Nc2nc3ccccc3nc2Nc2ccccc2)cc1. The summed E-state index contributed by atoms with van der Waals surface area (Å²) in [4.78, 5) is 9.09. The van der Waals surface area contributed by atoms with Crippen molar-refractivity contribution < 1.29 is 8.42 Å². The lowest BCUT2D eigenvalue weighted by atomic mass is 10.3. The van der Waals surface area contributed by atoms with Gasteiger partial charge in [-0.1, -0.05) is 30.3 Å². The smallest absolute Gasteiger partial charge is 0.263 e. The number of nitrogens with two attached hydrogens (primary N) is 1. The van der Waals surface area contributed by atoms with Crippen molar-refractivity contribution in [1.29, 1.82) is 0 Å². The molecule has 140 valence electrons. The number of hydrogen-bond donors (Lipinski definition) is 3. The maximum Gasteiger partial charge on any atom is 0.263 e. The highest BCUT2D eigenvalue weighted by atomic mass is 32.2. The van der Waals surface area contributed by atoms with Gasteiger partial charge in [-0.15, -0.1) is 0 Å². The van der Waals surface area contributed by atoms with Crippen LogP contribution in [0, 0.1) is 0 Å². The highest BCUT2D eigenvalue weighted by molar-refractivity contribution is 7.92. The van der Waals surface area contributed by atoms with Crippen molar-refractivity contribution in [3.8, 4) is 0 Å². The normalized spacial score (nSPS) is 11.3. The van der Waals surface area contributed by atoms with Crippen molar-refractivity contribution in [1.82, 2.24) is 9.97 Å². The number of rotatable bonds is 5. The molecule has 1 heterocycles. The summed E-state index contributed by atoms with van der Waals surface area (Å²) in [7, 11) is -3.86. The van der Waals surface area contributed by atoms with Crippen LogP contribution < -0.4 is 15.8 Å². The zero-order chi connectivity index (χ0) is 19.6. The van der Waals surface area contributed by atoms with Crippen LogP contribution in [-0.4, -0.2) is 18.4 Å². The average molecular weight is 391 g/mol. The average Bonchev–Trinajstić information content (AvgIpc) is 2.69. The number of aromatic nitrogens is 2.